The lowest BCUT2D eigenvalue weighted by atomic mass is 10.2. The van der Waals surface area contributed by atoms with E-state index in [9.17, 15) is 19.2 Å². The van der Waals surface area contributed by atoms with Gasteiger partial charge in [0.15, 0.2) is 0 Å². The molecule has 0 fully saturated rings. The minimum Gasteiger partial charge on any atom is -0.463 e. The first-order valence-corrected chi connectivity index (χ1v) is 11.5. The van der Waals surface area contributed by atoms with Gasteiger partial charge in [-0.05, 0) is 43.2 Å². The van der Waals surface area contributed by atoms with E-state index in [-0.39, 0.29) is 30.5 Å². The van der Waals surface area contributed by atoms with Crippen molar-refractivity contribution in [1.29, 1.82) is 0 Å². The highest BCUT2D eigenvalue weighted by atomic mass is 16.5. The fourth-order valence-corrected chi connectivity index (χ4v) is 3.56. The Hall–Kier alpha value is -4.60. The molecule has 1 amide bonds. The molecule has 188 valence electrons. The van der Waals surface area contributed by atoms with E-state index < -0.39 is 17.2 Å². The molecule has 4 N–H and O–H groups in total. The summed E-state index contributed by atoms with van der Waals surface area (Å²) in [5.74, 6) is -0.815. The van der Waals surface area contributed by atoms with Gasteiger partial charge in [-0.1, -0.05) is 42.5 Å². The van der Waals surface area contributed by atoms with Crippen LogP contribution in [0.1, 0.15) is 25.0 Å². The molecule has 0 unspecified atom stereocenters. The fourth-order valence-electron chi connectivity index (χ4n) is 3.56. The van der Waals surface area contributed by atoms with Crippen LogP contribution in [-0.2, 0) is 20.9 Å². The van der Waals surface area contributed by atoms with Gasteiger partial charge in [0, 0.05) is 18.3 Å². The first-order chi connectivity index (χ1) is 17.3. The Balaban J connectivity index is 1.74. The zero-order valence-corrected chi connectivity index (χ0v) is 20.2. The SMILES string of the molecule is CCOC(=O)/C=C/c1ccc(NC(=O)CN(CC)c2c(N)n(Cc3ccccc3)c(=O)[nH]c2=O)cc1. The predicted octanol–water partition coefficient (Wildman–Crippen LogP) is 2.21. The number of nitrogen functional groups attached to an aromatic ring is 1. The molecule has 2 aromatic carbocycles. The quantitative estimate of drug-likeness (QED) is 0.292. The van der Waals surface area contributed by atoms with Gasteiger partial charge in [-0.2, -0.15) is 0 Å². The highest BCUT2D eigenvalue weighted by Gasteiger charge is 2.20. The number of aromatic nitrogens is 2. The Morgan fingerprint density at radius 2 is 1.78 bits per heavy atom. The summed E-state index contributed by atoms with van der Waals surface area (Å²) in [5, 5.41) is 2.78. The van der Waals surface area contributed by atoms with E-state index in [1.165, 1.54) is 15.5 Å². The number of aromatic amines is 1. The number of hydrogen-bond acceptors (Lipinski definition) is 7. The lowest BCUT2D eigenvalue weighted by Gasteiger charge is -2.24. The predicted molar refractivity (Wildman–Crippen MR) is 140 cm³/mol. The molecule has 3 rings (SSSR count). The second kappa shape index (κ2) is 12.2. The smallest absolute Gasteiger partial charge is 0.330 e. The van der Waals surface area contributed by atoms with Crippen molar-refractivity contribution < 1.29 is 14.3 Å². The van der Waals surface area contributed by atoms with Crippen molar-refractivity contribution >= 4 is 35.1 Å². The average Bonchev–Trinajstić information content (AvgIpc) is 2.86. The van der Waals surface area contributed by atoms with Gasteiger partial charge in [0.2, 0.25) is 5.91 Å². The molecular formula is C26H29N5O5. The van der Waals surface area contributed by atoms with Crippen molar-refractivity contribution in [2.24, 2.45) is 0 Å². The number of benzene rings is 2. The molecule has 0 aliphatic rings. The number of nitrogens with one attached hydrogen (secondary N) is 2. The van der Waals surface area contributed by atoms with E-state index in [1.807, 2.05) is 30.3 Å². The van der Waals surface area contributed by atoms with Crippen molar-refractivity contribution in [3.63, 3.8) is 0 Å². The number of hydrogen-bond donors (Lipinski definition) is 3. The van der Waals surface area contributed by atoms with Crippen LogP contribution in [0.25, 0.3) is 6.08 Å². The van der Waals surface area contributed by atoms with Gasteiger partial charge < -0.3 is 20.7 Å². The van der Waals surface area contributed by atoms with E-state index in [0.29, 0.717) is 18.8 Å². The molecule has 36 heavy (non-hydrogen) atoms. The minimum atomic E-state index is -0.658. The number of nitrogens with zero attached hydrogens (tertiary/aromatic N) is 2. The van der Waals surface area contributed by atoms with Crippen LogP contribution < -0.4 is 27.2 Å². The zero-order chi connectivity index (χ0) is 26.1. The molecule has 0 aliphatic heterocycles. The first kappa shape index (κ1) is 26.0. The average molecular weight is 492 g/mol. The van der Waals surface area contributed by atoms with Gasteiger partial charge in [-0.3, -0.25) is 19.1 Å². The standard InChI is InChI=1S/C26H29N5O5/c1-3-30(17-21(32)28-20-13-10-18(11-14-20)12-15-22(33)36-4-2)23-24(27)31(26(35)29-25(23)34)16-19-8-6-5-7-9-19/h5-15H,3-4,16-17,27H2,1-2H3,(H,28,32)(H,29,34,35)/b15-12+. The van der Waals surface area contributed by atoms with Crippen molar-refractivity contribution in [3.8, 4) is 0 Å². The first-order valence-electron chi connectivity index (χ1n) is 11.5. The highest BCUT2D eigenvalue weighted by molar-refractivity contribution is 5.94. The summed E-state index contributed by atoms with van der Waals surface area (Å²) >= 11 is 0. The van der Waals surface area contributed by atoms with E-state index in [0.717, 1.165) is 11.1 Å². The third kappa shape index (κ3) is 6.72. The summed E-state index contributed by atoms with van der Waals surface area (Å²) in [6, 6.07) is 16.1. The molecule has 3 aromatic rings. The molecule has 0 bridgehead atoms. The summed E-state index contributed by atoms with van der Waals surface area (Å²) in [7, 11) is 0. The summed E-state index contributed by atoms with van der Waals surface area (Å²) in [6.07, 6.45) is 2.94. The molecule has 0 radical (unpaired) electrons. The number of rotatable bonds is 10. The Bertz CT molecular complexity index is 1340. The number of carbonyl (C=O) groups excluding carboxylic acids is 2. The summed E-state index contributed by atoms with van der Waals surface area (Å²) in [5.41, 5.74) is 7.17. The van der Waals surface area contributed by atoms with Gasteiger partial charge in [0.1, 0.15) is 11.5 Å². The Morgan fingerprint density at radius 3 is 2.42 bits per heavy atom. The van der Waals surface area contributed by atoms with Crippen LogP contribution in [-0.4, -0.2) is 41.1 Å². The van der Waals surface area contributed by atoms with Crippen molar-refractivity contribution in [2.45, 2.75) is 20.4 Å². The third-order valence-electron chi connectivity index (χ3n) is 5.32. The zero-order valence-electron chi connectivity index (χ0n) is 20.2. The van der Waals surface area contributed by atoms with Crippen LogP contribution in [0, 0.1) is 0 Å². The third-order valence-corrected chi connectivity index (χ3v) is 5.32. The van der Waals surface area contributed by atoms with E-state index in [2.05, 4.69) is 10.3 Å². The van der Waals surface area contributed by atoms with E-state index >= 15 is 0 Å². The Labute approximate surface area is 208 Å². The molecule has 0 saturated heterocycles. The van der Waals surface area contributed by atoms with Crippen molar-refractivity contribution in [1.82, 2.24) is 9.55 Å². The maximum absolute atomic E-state index is 12.7. The summed E-state index contributed by atoms with van der Waals surface area (Å²) < 4.78 is 6.12. The highest BCUT2D eigenvalue weighted by Crippen LogP contribution is 2.18. The van der Waals surface area contributed by atoms with Gasteiger partial charge >= 0.3 is 11.7 Å². The lowest BCUT2D eigenvalue weighted by Crippen LogP contribution is -2.41. The number of amides is 1. The summed E-state index contributed by atoms with van der Waals surface area (Å²) in [4.78, 5) is 53.1. The van der Waals surface area contributed by atoms with Crippen molar-refractivity contribution in [3.05, 3.63) is 92.6 Å². The number of ether oxygens (including phenoxy) is 1. The lowest BCUT2D eigenvalue weighted by molar-refractivity contribution is -0.137. The molecule has 0 atom stereocenters. The Morgan fingerprint density at radius 1 is 1.08 bits per heavy atom. The van der Waals surface area contributed by atoms with Gasteiger partial charge in [-0.15, -0.1) is 0 Å². The molecule has 1 heterocycles. The molecule has 0 aliphatic carbocycles. The van der Waals surface area contributed by atoms with Crippen LogP contribution >= 0.6 is 0 Å². The van der Waals surface area contributed by atoms with Crippen LogP contribution in [0.15, 0.2) is 70.3 Å². The number of likely N-dealkylation sites (N-methyl/N-ethyl adjacent to an activating group) is 1. The molecule has 0 saturated carbocycles. The fraction of sp³-hybridized carbons (Fsp3) is 0.231. The molecule has 1 aromatic heterocycles. The maximum atomic E-state index is 12.7. The molecule has 10 heteroatoms. The second-order valence-corrected chi connectivity index (χ2v) is 7.83. The molecular weight excluding hydrogens is 462 g/mol. The van der Waals surface area contributed by atoms with Crippen LogP contribution in [0.5, 0.6) is 0 Å². The van der Waals surface area contributed by atoms with E-state index in [1.54, 1.807) is 44.2 Å². The maximum Gasteiger partial charge on any atom is 0.330 e. The van der Waals surface area contributed by atoms with Gasteiger partial charge in [0.25, 0.3) is 5.56 Å². The number of esters is 1. The second-order valence-electron chi connectivity index (χ2n) is 7.83. The van der Waals surface area contributed by atoms with Crippen molar-refractivity contribution in [2.75, 3.05) is 35.6 Å². The number of H-pyrrole nitrogens is 1. The Kier molecular flexibility index (Phi) is 8.82. The number of carbonyl (C=O) groups is 2. The number of anilines is 3. The van der Waals surface area contributed by atoms with Crippen LogP contribution in [0.3, 0.4) is 0 Å². The minimum absolute atomic E-state index is 0.0139. The van der Waals surface area contributed by atoms with Gasteiger partial charge in [-0.25, -0.2) is 9.59 Å². The monoisotopic (exact) mass is 491 g/mol. The topological polar surface area (TPSA) is 140 Å². The molecule has 0 spiro atoms. The van der Waals surface area contributed by atoms with Gasteiger partial charge in [0.05, 0.1) is 19.7 Å². The van der Waals surface area contributed by atoms with Crippen LogP contribution in [0.2, 0.25) is 0 Å². The normalized spacial score (nSPS) is 10.8. The number of nitrogens with two attached hydrogens (primary N) is 1. The largest absolute Gasteiger partial charge is 0.463 e. The summed E-state index contributed by atoms with van der Waals surface area (Å²) in [6.45, 7) is 4.14. The molecule has 10 nitrogen and oxygen atoms in total. The van der Waals surface area contributed by atoms with E-state index in [4.69, 9.17) is 10.5 Å². The van der Waals surface area contributed by atoms with Crippen LogP contribution in [0.4, 0.5) is 17.2 Å².